The van der Waals surface area contributed by atoms with E-state index in [0.717, 1.165) is 24.1 Å². The summed E-state index contributed by atoms with van der Waals surface area (Å²) < 4.78 is 27.3. The number of nitrogens with zero attached hydrogens (tertiary/aromatic N) is 3. The van der Waals surface area contributed by atoms with Crippen LogP contribution in [0, 0.1) is 0 Å². The maximum Gasteiger partial charge on any atom is 0.274 e. The predicted octanol–water partition coefficient (Wildman–Crippen LogP) is 2.81. The first kappa shape index (κ1) is 21.5. The molecule has 1 aliphatic rings. The summed E-state index contributed by atoms with van der Waals surface area (Å²) in [6.45, 7) is 9.50. The Morgan fingerprint density at radius 1 is 1.10 bits per heavy atom. The number of piperazine rings is 1. The maximum atomic E-state index is 12.9. The van der Waals surface area contributed by atoms with Crippen molar-refractivity contribution in [1.82, 2.24) is 19.4 Å². The van der Waals surface area contributed by atoms with E-state index in [1.165, 1.54) is 4.31 Å². The molecule has 1 aliphatic heterocycles. The van der Waals surface area contributed by atoms with Crippen LogP contribution in [0.3, 0.4) is 0 Å². The Bertz CT molecular complexity index is 951. The van der Waals surface area contributed by atoms with Gasteiger partial charge in [0.2, 0.25) is 10.0 Å². The van der Waals surface area contributed by atoms with Crippen LogP contribution in [0.4, 0.5) is 0 Å². The highest BCUT2D eigenvalue weighted by Crippen LogP contribution is 2.22. The maximum absolute atomic E-state index is 12.9. The van der Waals surface area contributed by atoms with Gasteiger partial charge in [0.1, 0.15) is 5.69 Å². The first-order chi connectivity index (χ1) is 13.6. The first-order valence-electron chi connectivity index (χ1n) is 10.1. The molecule has 1 amide bonds. The zero-order valence-corrected chi connectivity index (χ0v) is 18.4. The molecule has 29 heavy (non-hydrogen) atoms. The average Bonchev–Trinajstić information content (AvgIpc) is 3.19. The van der Waals surface area contributed by atoms with Gasteiger partial charge in [-0.25, -0.2) is 8.42 Å². The van der Waals surface area contributed by atoms with Gasteiger partial charge in [0.15, 0.2) is 0 Å². The van der Waals surface area contributed by atoms with Gasteiger partial charge in [-0.15, -0.1) is 0 Å². The molecule has 158 valence electrons. The minimum absolute atomic E-state index is 0.120. The number of aromatic amines is 1. The van der Waals surface area contributed by atoms with E-state index in [1.54, 1.807) is 23.1 Å². The van der Waals surface area contributed by atoms with Gasteiger partial charge < -0.3 is 4.90 Å². The Morgan fingerprint density at radius 3 is 2.24 bits per heavy atom. The Labute approximate surface area is 173 Å². The number of carbonyl (C=O) groups excluding carboxylic acids is 1. The van der Waals surface area contributed by atoms with Crippen LogP contribution in [0.1, 0.15) is 55.9 Å². The van der Waals surface area contributed by atoms with Gasteiger partial charge in [-0.1, -0.05) is 46.2 Å². The lowest BCUT2D eigenvalue weighted by atomic mass is 9.92. The van der Waals surface area contributed by atoms with E-state index < -0.39 is 10.0 Å². The zero-order valence-electron chi connectivity index (χ0n) is 17.6. The number of benzene rings is 1. The Hall–Kier alpha value is -2.19. The summed E-state index contributed by atoms with van der Waals surface area (Å²) in [5, 5.41) is 7.08. The van der Waals surface area contributed by atoms with E-state index >= 15 is 0 Å². The molecular formula is C21H30N4O3S. The lowest BCUT2D eigenvalue weighted by molar-refractivity contribution is 0.0692. The molecular weight excluding hydrogens is 388 g/mol. The quantitative estimate of drug-likeness (QED) is 0.809. The van der Waals surface area contributed by atoms with Crippen molar-refractivity contribution in [2.45, 2.75) is 50.8 Å². The van der Waals surface area contributed by atoms with Crippen LogP contribution >= 0.6 is 0 Å². The Kier molecular flexibility index (Phi) is 6.14. The minimum atomic E-state index is -3.55. The van der Waals surface area contributed by atoms with E-state index in [0.29, 0.717) is 23.7 Å². The molecule has 1 fully saturated rings. The number of sulfonamides is 1. The fourth-order valence-electron chi connectivity index (χ4n) is 3.37. The normalized spacial score (nSPS) is 16.2. The SMILES string of the molecule is CCCc1ccc(S(=O)(=O)N2CCN(C(=O)c3cc(C(C)(C)C)[nH]n3)CC2)cc1. The molecule has 0 bridgehead atoms. The summed E-state index contributed by atoms with van der Waals surface area (Å²) in [6, 6.07) is 8.88. The van der Waals surface area contributed by atoms with Gasteiger partial charge in [-0.3, -0.25) is 9.89 Å². The standard InChI is InChI=1S/C21H30N4O3S/c1-5-6-16-7-9-17(10-8-16)29(27,28)25-13-11-24(12-14-25)20(26)18-15-19(23-22-18)21(2,3)4/h7-10,15H,5-6,11-14H2,1-4H3,(H,22,23). The van der Waals surface area contributed by atoms with E-state index in [9.17, 15) is 13.2 Å². The van der Waals surface area contributed by atoms with E-state index in [1.807, 2.05) is 32.9 Å². The number of carbonyl (C=O) groups is 1. The molecule has 0 radical (unpaired) electrons. The van der Waals surface area contributed by atoms with Crippen LogP contribution in [0.25, 0.3) is 0 Å². The summed E-state index contributed by atoms with van der Waals surface area (Å²) in [5.74, 6) is -0.169. The van der Waals surface area contributed by atoms with Crippen LogP contribution in [-0.4, -0.2) is 59.9 Å². The Balaban J connectivity index is 1.65. The predicted molar refractivity (Wildman–Crippen MR) is 112 cm³/mol. The highest BCUT2D eigenvalue weighted by atomic mass is 32.2. The molecule has 2 aromatic rings. The van der Waals surface area contributed by atoms with Crippen LogP contribution in [0.2, 0.25) is 0 Å². The Morgan fingerprint density at radius 2 is 1.72 bits per heavy atom. The molecule has 2 heterocycles. The fourth-order valence-corrected chi connectivity index (χ4v) is 4.80. The largest absolute Gasteiger partial charge is 0.335 e. The topological polar surface area (TPSA) is 86.4 Å². The minimum Gasteiger partial charge on any atom is -0.335 e. The summed E-state index contributed by atoms with van der Waals surface area (Å²) >= 11 is 0. The van der Waals surface area contributed by atoms with E-state index in [-0.39, 0.29) is 24.4 Å². The summed E-state index contributed by atoms with van der Waals surface area (Å²) in [7, 11) is -3.55. The van der Waals surface area contributed by atoms with Crippen molar-refractivity contribution in [3.63, 3.8) is 0 Å². The third-order valence-corrected chi connectivity index (χ3v) is 7.14. The highest BCUT2D eigenvalue weighted by Gasteiger charge is 2.31. The molecule has 1 aromatic heterocycles. The summed E-state index contributed by atoms with van der Waals surface area (Å²) in [5.41, 5.74) is 2.28. The lowest BCUT2D eigenvalue weighted by Crippen LogP contribution is -2.50. The second-order valence-electron chi connectivity index (χ2n) is 8.51. The number of rotatable bonds is 5. The monoisotopic (exact) mass is 418 g/mol. The van der Waals surface area contributed by atoms with Crippen molar-refractivity contribution in [3.8, 4) is 0 Å². The smallest absolute Gasteiger partial charge is 0.274 e. The second kappa shape index (κ2) is 8.28. The second-order valence-corrected chi connectivity index (χ2v) is 10.4. The fraction of sp³-hybridized carbons (Fsp3) is 0.524. The number of nitrogens with one attached hydrogen (secondary N) is 1. The first-order valence-corrected chi connectivity index (χ1v) is 11.5. The number of H-pyrrole nitrogens is 1. The molecule has 0 saturated carbocycles. The van der Waals surface area contributed by atoms with Crippen LogP contribution in [0.5, 0.6) is 0 Å². The van der Waals surface area contributed by atoms with Crippen molar-refractivity contribution < 1.29 is 13.2 Å². The number of amides is 1. The molecule has 0 unspecified atom stereocenters. The lowest BCUT2D eigenvalue weighted by Gasteiger charge is -2.33. The number of hydrogen-bond donors (Lipinski definition) is 1. The summed E-state index contributed by atoms with van der Waals surface area (Å²) in [6.07, 6.45) is 1.96. The van der Waals surface area contributed by atoms with Crippen molar-refractivity contribution in [2.24, 2.45) is 0 Å². The summed E-state index contributed by atoms with van der Waals surface area (Å²) in [4.78, 5) is 14.7. The number of hydrogen-bond acceptors (Lipinski definition) is 4. The van der Waals surface area contributed by atoms with Crippen LogP contribution in [0.15, 0.2) is 35.2 Å². The molecule has 1 saturated heterocycles. The van der Waals surface area contributed by atoms with Gasteiger partial charge >= 0.3 is 0 Å². The van der Waals surface area contributed by atoms with Gasteiger partial charge in [0.25, 0.3) is 5.91 Å². The van der Waals surface area contributed by atoms with Gasteiger partial charge in [0.05, 0.1) is 4.90 Å². The zero-order chi connectivity index (χ0) is 21.2. The van der Waals surface area contributed by atoms with Crippen molar-refractivity contribution in [2.75, 3.05) is 26.2 Å². The van der Waals surface area contributed by atoms with E-state index in [2.05, 4.69) is 17.1 Å². The molecule has 0 atom stereocenters. The van der Waals surface area contributed by atoms with Crippen molar-refractivity contribution in [3.05, 3.63) is 47.3 Å². The van der Waals surface area contributed by atoms with Gasteiger partial charge in [-0.2, -0.15) is 9.40 Å². The van der Waals surface area contributed by atoms with Gasteiger partial charge in [0, 0.05) is 37.3 Å². The van der Waals surface area contributed by atoms with Crippen molar-refractivity contribution >= 4 is 15.9 Å². The third kappa shape index (κ3) is 4.70. The number of aryl methyl sites for hydroxylation is 1. The third-order valence-electron chi connectivity index (χ3n) is 5.23. The molecule has 0 spiro atoms. The molecule has 8 heteroatoms. The van der Waals surface area contributed by atoms with Crippen LogP contribution < -0.4 is 0 Å². The van der Waals surface area contributed by atoms with Gasteiger partial charge in [-0.05, 0) is 30.2 Å². The molecule has 1 N–H and O–H groups in total. The van der Waals surface area contributed by atoms with Crippen LogP contribution in [-0.2, 0) is 21.9 Å². The molecule has 0 aliphatic carbocycles. The van der Waals surface area contributed by atoms with E-state index in [4.69, 9.17) is 0 Å². The molecule has 7 nitrogen and oxygen atoms in total. The average molecular weight is 419 g/mol. The number of aromatic nitrogens is 2. The van der Waals surface area contributed by atoms with Crippen molar-refractivity contribution in [1.29, 1.82) is 0 Å². The highest BCUT2D eigenvalue weighted by molar-refractivity contribution is 7.89. The molecule has 3 rings (SSSR count). The molecule has 1 aromatic carbocycles.